The molecule has 1 aliphatic heterocycles. The van der Waals surface area contributed by atoms with Gasteiger partial charge in [-0.05, 0) is 54.7 Å². The van der Waals surface area contributed by atoms with Gasteiger partial charge in [0.05, 0.1) is 0 Å². The van der Waals surface area contributed by atoms with Crippen LogP contribution in [0.25, 0.3) is 11.3 Å². The van der Waals surface area contributed by atoms with Crippen molar-refractivity contribution in [3.63, 3.8) is 0 Å². The minimum atomic E-state index is -0.539. The molecule has 1 atom stereocenters. The Morgan fingerprint density at radius 1 is 1.10 bits per heavy atom. The van der Waals surface area contributed by atoms with Gasteiger partial charge in [-0.25, -0.2) is 0 Å². The van der Waals surface area contributed by atoms with E-state index in [-0.39, 0.29) is 11.8 Å². The highest BCUT2D eigenvalue weighted by Gasteiger charge is 2.34. The Hall–Kier alpha value is -2.48. The summed E-state index contributed by atoms with van der Waals surface area (Å²) in [5.74, 6) is -0.467. The van der Waals surface area contributed by atoms with Gasteiger partial charge in [0, 0.05) is 38.8 Å². The number of carbonyl (C=O) groups excluding carboxylic acids is 2. The first-order valence-electron chi connectivity index (χ1n) is 8.97. The van der Waals surface area contributed by atoms with Crippen LogP contribution in [0.4, 0.5) is 5.69 Å². The predicted octanol–water partition coefficient (Wildman–Crippen LogP) is 4.76. The Morgan fingerprint density at radius 2 is 1.83 bits per heavy atom. The van der Waals surface area contributed by atoms with E-state index in [1.165, 1.54) is 11.5 Å². The molecule has 0 spiro atoms. The second-order valence-electron chi connectivity index (χ2n) is 6.67. The number of nitrogens with one attached hydrogen (secondary N) is 1. The number of anilines is 1. The lowest BCUT2D eigenvalue weighted by atomic mass is 10.1. The number of amides is 2. The highest BCUT2D eigenvalue weighted by molar-refractivity contribution is 7.03. The molecule has 1 fully saturated rings. The molecule has 3 aromatic rings. The molecule has 1 saturated heterocycles. The molecule has 2 heterocycles. The maximum Gasteiger partial charge on any atom is 0.254 e. The van der Waals surface area contributed by atoms with Crippen LogP contribution in [0.2, 0.25) is 10.0 Å². The molecule has 0 aliphatic carbocycles. The lowest BCUT2D eigenvalue weighted by Crippen LogP contribution is -2.43. The van der Waals surface area contributed by atoms with E-state index in [9.17, 15) is 9.59 Å². The van der Waals surface area contributed by atoms with E-state index in [2.05, 4.69) is 14.9 Å². The summed E-state index contributed by atoms with van der Waals surface area (Å²) in [4.78, 5) is 27.3. The summed E-state index contributed by atoms with van der Waals surface area (Å²) in [6.07, 6.45) is 1.36. The third-order valence-electron chi connectivity index (χ3n) is 4.73. The second-order valence-corrected chi connectivity index (χ2v) is 8.15. The molecule has 9 heteroatoms. The van der Waals surface area contributed by atoms with Gasteiger partial charge in [-0.2, -0.15) is 0 Å². The van der Waals surface area contributed by atoms with Gasteiger partial charge in [0.25, 0.3) is 5.91 Å². The zero-order valence-corrected chi connectivity index (χ0v) is 17.5. The Balaban J connectivity index is 1.47. The number of likely N-dealkylation sites (tertiary alicyclic amines) is 1. The maximum atomic E-state index is 12.9. The van der Waals surface area contributed by atoms with Gasteiger partial charge in [-0.3, -0.25) is 9.59 Å². The molecule has 148 valence electrons. The van der Waals surface area contributed by atoms with Crippen molar-refractivity contribution in [2.24, 2.45) is 0 Å². The molecule has 1 aromatic heterocycles. The first-order valence-corrected chi connectivity index (χ1v) is 10.6. The van der Waals surface area contributed by atoms with Crippen LogP contribution in [0, 0.1) is 0 Å². The van der Waals surface area contributed by atoms with Gasteiger partial charge >= 0.3 is 0 Å². The second kappa shape index (κ2) is 8.49. The minimum absolute atomic E-state index is 0.216. The summed E-state index contributed by atoms with van der Waals surface area (Å²) in [5.41, 5.74) is 2.75. The van der Waals surface area contributed by atoms with Gasteiger partial charge < -0.3 is 10.2 Å². The summed E-state index contributed by atoms with van der Waals surface area (Å²) < 4.78 is 3.85. The number of rotatable bonds is 4. The van der Waals surface area contributed by atoms with E-state index in [4.69, 9.17) is 23.2 Å². The molecular formula is C20H16Cl2N4O2S. The van der Waals surface area contributed by atoms with Crippen molar-refractivity contribution in [1.82, 2.24) is 14.5 Å². The Morgan fingerprint density at radius 3 is 2.48 bits per heavy atom. The van der Waals surface area contributed by atoms with Crippen molar-refractivity contribution in [2.45, 2.75) is 18.9 Å². The molecule has 1 N–H and O–H groups in total. The van der Waals surface area contributed by atoms with E-state index >= 15 is 0 Å². The average Bonchev–Trinajstić information content (AvgIpc) is 3.39. The number of carbonyl (C=O) groups is 2. The molecule has 1 unspecified atom stereocenters. The number of hydrogen-bond acceptors (Lipinski definition) is 5. The van der Waals surface area contributed by atoms with Crippen LogP contribution in [0.1, 0.15) is 23.2 Å². The van der Waals surface area contributed by atoms with Crippen LogP contribution >= 0.6 is 34.7 Å². The first-order chi connectivity index (χ1) is 14.0. The van der Waals surface area contributed by atoms with Crippen LogP contribution in [0.3, 0.4) is 0 Å². The van der Waals surface area contributed by atoms with E-state index in [1.807, 2.05) is 29.6 Å². The van der Waals surface area contributed by atoms with Crippen LogP contribution in [0.15, 0.2) is 47.8 Å². The van der Waals surface area contributed by atoms with Crippen molar-refractivity contribution in [3.8, 4) is 11.3 Å². The van der Waals surface area contributed by atoms with Crippen molar-refractivity contribution >= 4 is 52.2 Å². The van der Waals surface area contributed by atoms with Gasteiger partial charge in [0.15, 0.2) is 0 Å². The Labute approximate surface area is 181 Å². The summed E-state index contributed by atoms with van der Waals surface area (Å²) in [6, 6.07) is 11.5. The Bertz CT molecular complexity index is 1020. The summed E-state index contributed by atoms with van der Waals surface area (Å²) in [5, 5.41) is 9.56. The topological polar surface area (TPSA) is 75.2 Å². The van der Waals surface area contributed by atoms with E-state index in [1.54, 1.807) is 23.1 Å². The van der Waals surface area contributed by atoms with Crippen LogP contribution < -0.4 is 5.32 Å². The van der Waals surface area contributed by atoms with Gasteiger partial charge in [0.1, 0.15) is 11.7 Å². The fraction of sp³-hybridized carbons (Fsp3) is 0.200. The van der Waals surface area contributed by atoms with Crippen molar-refractivity contribution in [3.05, 3.63) is 63.5 Å². The zero-order valence-electron chi connectivity index (χ0n) is 15.1. The molecule has 1 aliphatic rings. The molecule has 0 radical (unpaired) electrons. The van der Waals surface area contributed by atoms with Crippen molar-refractivity contribution < 1.29 is 9.59 Å². The zero-order chi connectivity index (χ0) is 20.4. The average molecular weight is 447 g/mol. The molecular weight excluding hydrogens is 431 g/mol. The number of benzene rings is 2. The highest BCUT2D eigenvalue weighted by Crippen LogP contribution is 2.26. The molecule has 2 aromatic carbocycles. The SMILES string of the molecule is O=C(Nc1ccc(-c2csnn2)cc1)C1CCCN1C(=O)c1cc(Cl)cc(Cl)c1. The normalized spacial score (nSPS) is 16.1. The molecule has 4 rings (SSSR count). The lowest BCUT2D eigenvalue weighted by Gasteiger charge is -2.24. The number of halogens is 2. The third kappa shape index (κ3) is 4.42. The fourth-order valence-corrected chi connectivity index (χ4v) is 4.36. The van der Waals surface area contributed by atoms with E-state index in [0.29, 0.717) is 34.3 Å². The summed E-state index contributed by atoms with van der Waals surface area (Å²) in [6.45, 7) is 0.511. The quantitative estimate of drug-likeness (QED) is 0.626. The number of aromatic nitrogens is 2. The lowest BCUT2D eigenvalue weighted by molar-refractivity contribution is -0.119. The molecule has 29 heavy (non-hydrogen) atoms. The largest absolute Gasteiger partial charge is 0.327 e. The van der Waals surface area contributed by atoms with Crippen molar-refractivity contribution in [2.75, 3.05) is 11.9 Å². The monoisotopic (exact) mass is 446 g/mol. The molecule has 0 saturated carbocycles. The smallest absolute Gasteiger partial charge is 0.254 e. The van der Waals surface area contributed by atoms with E-state index in [0.717, 1.165) is 17.7 Å². The van der Waals surface area contributed by atoms with Gasteiger partial charge in [-0.15, -0.1) is 5.10 Å². The predicted molar refractivity (Wildman–Crippen MR) is 114 cm³/mol. The molecule has 2 amide bonds. The minimum Gasteiger partial charge on any atom is -0.327 e. The van der Waals surface area contributed by atoms with Gasteiger partial charge in [0.2, 0.25) is 5.91 Å². The summed E-state index contributed by atoms with van der Waals surface area (Å²) >= 11 is 13.3. The van der Waals surface area contributed by atoms with Gasteiger partial charge in [-0.1, -0.05) is 39.8 Å². The Kier molecular flexibility index (Phi) is 5.80. The standard InChI is InChI=1S/C20H16Cl2N4O2S/c21-14-8-13(9-15(22)10-14)20(28)26-7-1-2-18(26)19(27)23-16-5-3-12(4-6-16)17-11-29-25-24-17/h3-6,8-11,18H,1-2,7H2,(H,23,27). The fourth-order valence-electron chi connectivity index (χ4n) is 3.37. The van der Waals surface area contributed by atoms with Crippen LogP contribution in [0.5, 0.6) is 0 Å². The maximum absolute atomic E-state index is 12.9. The molecule has 0 bridgehead atoms. The van der Waals surface area contributed by atoms with Crippen LogP contribution in [-0.4, -0.2) is 38.9 Å². The molecule has 6 nitrogen and oxygen atoms in total. The van der Waals surface area contributed by atoms with E-state index < -0.39 is 6.04 Å². The number of hydrogen-bond donors (Lipinski definition) is 1. The van der Waals surface area contributed by atoms with Crippen molar-refractivity contribution in [1.29, 1.82) is 0 Å². The highest BCUT2D eigenvalue weighted by atomic mass is 35.5. The first kappa shape index (κ1) is 19.8. The third-order valence-corrected chi connectivity index (χ3v) is 5.68. The number of nitrogens with zero attached hydrogens (tertiary/aromatic N) is 3. The summed E-state index contributed by atoms with van der Waals surface area (Å²) in [7, 11) is 0. The van der Waals surface area contributed by atoms with Crippen LogP contribution in [-0.2, 0) is 4.79 Å².